The number of benzene rings is 1. The molecule has 4 aromatic rings. The number of carboxylic acids is 1. The highest BCUT2D eigenvalue weighted by Gasteiger charge is 2.18. The molecule has 174 valence electrons. The van der Waals surface area contributed by atoms with Crippen LogP contribution in [0.15, 0.2) is 42.6 Å². The minimum absolute atomic E-state index is 0.172. The molecule has 5 rings (SSSR count). The number of carbonyl (C=O) groups is 1. The summed E-state index contributed by atoms with van der Waals surface area (Å²) in [4.78, 5) is 32.6. The van der Waals surface area contributed by atoms with Gasteiger partial charge in [-0.2, -0.15) is 4.98 Å². The lowest BCUT2D eigenvalue weighted by molar-refractivity contribution is 0.0695. The number of aryl methyl sites for hydroxylation is 1. The maximum Gasteiger partial charge on any atom is 0.336 e. The van der Waals surface area contributed by atoms with Gasteiger partial charge in [-0.3, -0.25) is 0 Å². The third kappa shape index (κ3) is 4.40. The number of carboxylic acid groups (broad SMARTS) is 1. The number of nitrogens with zero attached hydrogens (tertiary/aromatic N) is 5. The Morgan fingerprint density at radius 3 is 2.68 bits per heavy atom. The first-order chi connectivity index (χ1) is 16.4. The maximum absolute atomic E-state index is 11.4. The van der Waals surface area contributed by atoms with Gasteiger partial charge in [0.1, 0.15) is 11.6 Å². The number of rotatable bonds is 5. The van der Waals surface area contributed by atoms with Gasteiger partial charge in [0.05, 0.1) is 21.8 Å². The van der Waals surface area contributed by atoms with Crippen molar-refractivity contribution in [2.45, 2.75) is 6.92 Å². The predicted molar refractivity (Wildman–Crippen MR) is 130 cm³/mol. The van der Waals surface area contributed by atoms with E-state index in [0.29, 0.717) is 33.2 Å². The first kappa shape index (κ1) is 22.1. The Labute approximate surface area is 201 Å². The van der Waals surface area contributed by atoms with Gasteiger partial charge in [-0.25, -0.2) is 14.8 Å². The van der Waals surface area contributed by atoms with Crippen molar-refractivity contribution < 1.29 is 14.6 Å². The normalized spacial score (nSPS) is 14.5. The van der Waals surface area contributed by atoms with Crippen molar-refractivity contribution in [1.29, 1.82) is 0 Å². The minimum Gasteiger partial charge on any atom is -0.478 e. The van der Waals surface area contributed by atoms with Crippen LogP contribution >= 0.6 is 11.6 Å². The Hall–Kier alpha value is -3.69. The van der Waals surface area contributed by atoms with Gasteiger partial charge in [0.15, 0.2) is 5.65 Å². The topological polar surface area (TPSA) is 107 Å². The lowest BCUT2D eigenvalue weighted by Crippen LogP contribution is -2.44. The number of aromatic carboxylic acids is 1. The third-order valence-electron chi connectivity index (χ3n) is 5.91. The number of aromatic nitrogens is 4. The van der Waals surface area contributed by atoms with Gasteiger partial charge in [0, 0.05) is 37.9 Å². The Balaban J connectivity index is 1.44. The number of hydrogen-bond acceptors (Lipinski definition) is 7. The maximum atomic E-state index is 11.4. The molecule has 1 saturated heterocycles. The average Bonchev–Trinajstić information content (AvgIpc) is 3.21. The monoisotopic (exact) mass is 478 g/mol. The fourth-order valence-corrected chi connectivity index (χ4v) is 4.19. The van der Waals surface area contributed by atoms with Gasteiger partial charge in [-0.05, 0) is 49.9 Å². The third-order valence-corrected chi connectivity index (χ3v) is 6.19. The molecule has 0 unspecified atom stereocenters. The first-order valence-corrected chi connectivity index (χ1v) is 11.2. The smallest absolute Gasteiger partial charge is 0.336 e. The molecule has 0 atom stereocenters. The fourth-order valence-electron chi connectivity index (χ4n) is 3.93. The van der Waals surface area contributed by atoms with Gasteiger partial charge in [-0.15, -0.1) is 0 Å². The zero-order valence-corrected chi connectivity index (χ0v) is 19.5. The summed E-state index contributed by atoms with van der Waals surface area (Å²) in [5.41, 5.74) is 3.33. The van der Waals surface area contributed by atoms with E-state index in [1.54, 1.807) is 31.3 Å². The standard InChI is InChI=1S/C24H23ClN6O3/c1-14-3-4-16(12-17(14)23(32)33)34-24-27-19-13-18(25)21(28-22(19)29-24)15-5-6-26-20(11-15)31-9-7-30(2)8-10-31/h3-6,11-13H,7-10H2,1-2H3,(H,32,33)(H,27,28,29). The molecule has 0 radical (unpaired) electrons. The summed E-state index contributed by atoms with van der Waals surface area (Å²) in [5.74, 6) is 0.237. The van der Waals surface area contributed by atoms with Crippen LogP contribution in [0.25, 0.3) is 22.4 Å². The van der Waals surface area contributed by atoms with Crippen molar-refractivity contribution >= 4 is 34.6 Å². The number of nitrogens with one attached hydrogen (secondary N) is 1. The number of pyridine rings is 2. The Kier molecular flexibility index (Phi) is 5.80. The highest BCUT2D eigenvalue weighted by Crippen LogP contribution is 2.32. The number of hydrogen-bond donors (Lipinski definition) is 2. The molecule has 1 aliphatic heterocycles. The Bertz CT molecular complexity index is 1380. The van der Waals surface area contributed by atoms with E-state index in [0.717, 1.165) is 37.6 Å². The van der Waals surface area contributed by atoms with Crippen LogP contribution < -0.4 is 9.64 Å². The molecule has 34 heavy (non-hydrogen) atoms. The van der Waals surface area contributed by atoms with Crippen LogP contribution in [0, 0.1) is 6.92 Å². The quantitative estimate of drug-likeness (QED) is 0.439. The van der Waals surface area contributed by atoms with E-state index in [2.05, 4.69) is 36.8 Å². The second-order valence-corrected chi connectivity index (χ2v) is 8.72. The summed E-state index contributed by atoms with van der Waals surface area (Å²) in [6, 6.07) is 10.7. The van der Waals surface area contributed by atoms with Crippen LogP contribution in [-0.4, -0.2) is 69.1 Å². The van der Waals surface area contributed by atoms with Crippen LogP contribution in [0.3, 0.4) is 0 Å². The molecular weight excluding hydrogens is 456 g/mol. The molecule has 3 aromatic heterocycles. The van der Waals surface area contributed by atoms with Crippen molar-refractivity contribution in [1.82, 2.24) is 24.8 Å². The van der Waals surface area contributed by atoms with Crippen molar-refractivity contribution in [3.63, 3.8) is 0 Å². The second kappa shape index (κ2) is 8.92. The van der Waals surface area contributed by atoms with Gasteiger partial charge >= 0.3 is 12.0 Å². The van der Waals surface area contributed by atoms with Crippen LogP contribution in [0.4, 0.5) is 5.82 Å². The van der Waals surface area contributed by atoms with E-state index in [1.165, 1.54) is 6.07 Å². The summed E-state index contributed by atoms with van der Waals surface area (Å²) in [6.45, 7) is 5.53. The number of imidazole rings is 1. The van der Waals surface area contributed by atoms with E-state index in [1.807, 2.05) is 12.1 Å². The van der Waals surface area contributed by atoms with Crippen molar-refractivity contribution in [2.24, 2.45) is 0 Å². The van der Waals surface area contributed by atoms with E-state index < -0.39 is 5.97 Å². The fraction of sp³-hybridized carbons (Fsp3) is 0.250. The molecule has 0 spiro atoms. The summed E-state index contributed by atoms with van der Waals surface area (Å²) in [7, 11) is 2.12. The lowest BCUT2D eigenvalue weighted by Gasteiger charge is -2.33. The average molecular weight is 479 g/mol. The van der Waals surface area contributed by atoms with Crippen molar-refractivity contribution in [3.8, 4) is 23.0 Å². The van der Waals surface area contributed by atoms with E-state index in [-0.39, 0.29) is 11.6 Å². The molecule has 4 heterocycles. The van der Waals surface area contributed by atoms with Gasteiger partial charge in [0.25, 0.3) is 0 Å². The second-order valence-electron chi connectivity index (χ2n) is 8.31. The molecular formula is C24H23ClN6O3. The number of halogens is 1. The molecule has 0 bridgehead atoms. The Morgan fingerprint density at radius 1 is 1.12 bits per heavy atom. The molecule has 0 aliphatic carbocycles. The zero-order chi connectivity index (χ0) is 23.8. The van der Waals surface area contributed by atoms with Gasteiger partial charge in [-0.1, -0.05) is 17.7 Å². The van der Waals surface area contributed by atoms with E-state index in [4.69, 9.17) is 16.3 Å². The number of aromatic amines is 1. The van der Waals surface area contributed by atoms with Crippen molar-refractivity contribution in [3.05, 3.63) is 58.7 Å². The first-order valence-electron chi connectivity index (χ1n) is 10.9. The number of piperazine rings is 1. The number of fused-ring (bicyclic) bond motifs is 1. The van der Waals surface area contributed by atoms with Gasteiger partial charge < -0.3 is 24.6 Å². The summed E-state index contributed by atoms with van der Waals surface area (Å²) >= 11 is 6.58. The van der Waals surface area contributed by atoms with Crippen molar-refractivity contribution in [2.75, 3.05) is 38.1 Å². The molecule has 10 heteroatoms. The van der Waals surface area contributed by atoms with Crippen LogP contribution in [0.5, 0.6) is 11.8 Å². The number of likely N-dealkylation sites (N-methyl/N-ethyl adjacent to an activating group) is 1. The molecule has 9 nitrogen and oxygen atoms in total. The highest BCUT2D eigenvalue weighted by atomic mass is 35.5. The van der Waals surface area contributed by atoms with Crippen LogP contribution in [0.2, 0.25) is 5.02 Å². The van der Waals surface area contributed by atoms with Gasteiger partial charge in [0.2, 0.25) is 0 Å². The summed E-state index contributed by atoms with van der Waals surface area (Å²) in [5, 5.41) is 9.81. The lowest BCUT2D eigenvalue weighted by atomic mass is 10.1. The van der Waals surface area contributed by atoms with Crippen LogP contribution in [0.1, 0.15) is 15.9 Å². The molecule has 1 aliphatic rings. The highest BCUT2D eigenvalue weighted by molar-refractivity contribution is 6.33. The molecule has 0 saturated carbocycles. The molecule has 1 aromatic carbocycles. The minimum atomic E-state index is -1.01. The van der Waals surface area contributed by atoms with E-state index in [9.17, 15) is 9.90 Å². The molecule has 0 amide bonds. The summed E-state index contributed by atoms with van der Waals surface area (Å²) < 4.78 is 5.77. The number of anilines is 1. The number of H-pyrrole nitrogens is 1. The Morgan fingerprint density at radius 2 is 1.91 bits per heavy atom. The largest absolute Gasteiger partial charge is 0.478 e. The van der Waals surface area contributed by atoms with Crippen LogP contribution in [-0.2, 0) is 0 Å². The predicted octanol–water partition coefficient (Wildman–Crippen LogP) is 4.22. The SMILES string of the molecule is Cc1ccc(Oc2nc3nc(-c4ccnc(N5CCN(C)CC5)c4)c(Cl)cc3[nH]2)cc1C(=O)O. The molecule has 2 N–H and O–H groups in total. The number of ether oxygens (including phenoxy) is 1. The van der Waals surface area contributed by atoms with E-state index >= 15 is 0 Å². The zero-order valence-electron chi connectivity index (χ0n) is 18.7. The summed E-state index contributed by atoms with van der Waals surface area (Å²) in [6.07, 6.45) is 1.77. The molecule has 1 fully saturated rings.